The number of imidazole rings is 1. The van der Waals surface area contributed by atoms with Crippen molar-refractivity contribution in [2.45, 2.75) is 31.7 Å². The number of rotatable bonds is 4. The van der Waals surface area contributed by atoms with Gasteiger partial charge in [-0.1, -0.05) is 35.5 Å². The highest BCUT2D eigenvalue weighted by Crippen LogP contribution is 2.27. The summed E-state index contributed by atoms with van der Waals surface area (Å²) in [7, 11) is 1.73. The van der Waals surface area contributed by atoms with Crippen LogP contribution in [0, 0.1) is 20.8 Å². The molecule has 0 unspecified atom stereocenters. The molecule has 3 heterocycles. The highest BCUT2D eigenvalue weighted by atomic mass is 32.2. The summed E-state index contributed by atoms with van der Waals surface area (Å²) in [5.74, 6) is 1.89. The van der Waals surface area contributed by atoms with Gasteiger partial charge in [0.2, 0.25) is 5.78 Å². The molecule has 2 aromatic carbocycles. The van der Waals surface area contributed by atoms with E-state index in [0.717, 1.165) is 27.7 Å². The fraction of sp³-hybridized carbons (Fsp3) is 0.217. The molecule has 156 valence electrons. The molecule has 0 spiro atoms. The summed E-state index contributed by atoms with van der Waals surface area (Å²) in [6, 6.07) is 12.3. The van der Waals surface area contributed by atoms with E-state index in [2.05, 4.69) is 51.8 Å². The van der Waals surface area contributed by atoms with Crippen molar-refractivity contribution in [3.05, 3.63) is 81.7 Å². The number of hydrogen-bond donors (Lipinski definition) is 0. The lowest BCUT2D eigenvalue weighted by Crippen LogP contribution is -2.20. The van der Waals surface area contributed by atoms with Crippen LogP contribution >= 0.6 is 11.8 Å². The molecule has 8 heteroatoms. The van der Waals surface area contributed by atoms with E-state index in [4.69, 9.17) is 0 Å². The highest BCUT2D eigenvalue weighted by molar-refractivity contribution is 7.98. The number of fused-ring (bicyclic) bond motifs is 3. The van der Waals surface area contributed by atoms with Crippen LogP contribution in [0.3, 0.4) is 0 Å². The van der Waals surface area contributed by atoms with Crippen LogP contribution in [0.1, 0.15) is 22.5 Å². The van der Waals surface area contributed by atoms with Gasteiger partial charge in [0.25, 0.3) is 5.56 Å². The van der Waals surface area contributed by atoms with Crippen molar-refractivity contribution in [1.82, 2.24) is 28.7 Å². The Bertz CT molecular complexity index is 1510. The van der Waals surface area contributed by atoms with Crippen LogP contribution < -0.4 is 5.56 Å². The zero-order valence-electron chi connectivity index (χ0n) is 17.8. The van der Waals surface area contributed by atoms with Crippen LogP contribution in [0.25, 0.3) is 22.4 Å². The molecule has 0 saturated carbocycles. The third-order valence-corrected chi connectivity index (χ3v) is 6.47. The van der Waals surface area contributed by atoms with Gasteiger partial charge in [0.1, 0.15) is 5.82 Å². The van der Waals surface area contributed by atoms with E-state index >= 15 is 0 Å². The largest absolute Gasteiger partial charge is 0.295 e. The number of benzene rings is 2. The molecular formula is C23H22N6OS. The van der Waals surface area contributed by atoms with Crippen LogP contribution in [0.2, 0.25) is 0 Å². The molecule has 7 nitrogen and oxygen atoms in total. The maximum Gasteiger partial charge on any atom is 0.262 e. The van der Waals surface area contributed by atoms with Gasteiger partial charge in [-0.15, -0.1) is 10.2 Å². The van der Waals surface area contributed by atoms with E-state index in [-0.39, 0.29) is 5.56 Å². The Hall–Kier alpha value is -3.39. The minimum absolute atomic E-state index is 0.0664. The summed E-state index contributed by atoms with van der Waals surface area (Å²) < 4.78 is 5.63. The molecule has 0 N–H and O–H groups in total. The van der Waals surface area contributed by atoms with E-state index in [1.54, 1.807) is 23.4 Å². The number of aromatic nitrogens is 6. The van der Waals surface area contributed by atoms with E-state index in [1.165, 1.54) is 11.1 Å². The lowest BCUT2D eigenvalue weighted by molar-refractivity contribution is 0.857. The number of hydrogen-bond acceptors (Lipinski definition) is 5. The lowest BCUT2D eigenvalue weighted by Gasteiger charge is -2.11. The van der Waals surface area contributed by atoms with Crippen molar-refractivity contribution in [3.63, 3.8) is 0 Å². The summed E-state index contributed by atoms with van der Waals surface area (Å²) in [5.41, 5.74) is 5.31. The lowest BCUT2D eigenvalue weighted by atomic mass is 10.1. The first-order chi connectivity index (χ1) is 14.9. The van der Waals surface area contributed by atoms with Crippen molar-refractivity contribution in [2.75, 3.05) is 0 Å². The molecule has 0 amide bonds. The molecule has 0 aliphatic carbocycles. The standard InChI is InChI=1S/C23H22N6OS/c1-14-6-8-18-17(11-14)21(30)27(4)22-26-25-20(29(18)22)13-31-23-24-9-10-28(23)19-12-15(2)5-7-16(19)3/h5-12H,13H2,1-4H3. The maximum atomic E-state index is 12.8. The fourth-order valence-corrected chi connectivity index (χ4v) is 4.72. The molecule has 0 bridgehead atoms. The maximum absolute atomic E-state index is 12.8. The Kier molecular flexibility index (Phi) is 4.66. The molecule has 0 radical (unpaired) electrons. The summed E-state index contributed by atoms with van der Waals surface area (Å²) in [6.07, 6.45) is 3.79. The van der Waals surface area contributed by atoms with Gasteiger partial charge in [0.05, 0.1) is 22.3 Å². The van der Waals surface area contributed by atoms with Crippen LogP contribution in [0.15, 0.2) is 58.7 Å². The van der Waals surface area contributed by atoms with E-state index in [9.17, 15) is 4.79 Å². The first kappa shape index (κ1) is 19.6. The van der Waals surface area contributed by atoms with Crippen LogP contribution in [0.5, 0.6) is 0 Å². The first-order valence-corrected chi connectivity index (χ1v) is 11.0. The zero-order chi connectivity index (χ0) is 21.7. The normalized spacial score (nSPS) is 11.6. The quantitative estimate of drug-likeness (QED) is 0.403. The topological polar surface area (TPSA) is 70.0 Å². The van der Waals surface area contributed by atoms with Gasteiger partial charge < -0.3 is 0 Å². The average molecular weight is 431 g/mol. The van der Waals surface area contributed by atoms with Crippen molar-refractivity contribution in [3.8, 4) is 5.69 Å². The smallest absolute Gasteiger partial charge is 0.262 e. The second-order valence-corrected chi connectivity index (χ2v) is 8.74. The molecule has 0 fully saturated rings. The summed E-state index contributed by atoms with van der Waals surface area (Å²) in [4.78, 5) is 17.3. The van der Waals surface area contributed by atoms with E-state index < -0.39 is 0 Å². The minimum Gasteiger partial charge on any atom is -0.295 e. The Balaban J connectivity index is 1.57. The van der Waals surface area contributed by atoms with Gasteiger partial charge in [-0.2, -0.15) is 0 Å². The Morgan fingerprint density at radius 2 is 1.77 bits per heavy atom. The van der Waals surface area contributed by atoms with Gasteiger partial charge in [0.15, 0.2) is 5.16 Å². The van der Waals surface area contributed by atoms with Gasteiger partial charge in [0, 0.05) is 19.4 Å². The predicted octanol–water partition coefficient (Wildman–Crippen LogP) is 3.98. The molecule has 31 heavy (non-hydrogen) atoms. The zero-order valence-corrected chi connectivity index (χ0v) is 18.6. The van der Waals surface area contributed by atoms with E-state index in [0.29, 0.717) is 16.9 Å². The number of aryl methyl sites for hydroxylation is 4. The Morgan fingerprint density at radius 3 is 2.61 bits per heavy atom. The number of thioether (sulfide) groups is 1. The molecule has 0 saturated heterocycles. The average Bonchev–Trinajstić information content (AvgIpc) is 3.39. The molecule has 0 aliphatic heterocycles. The minimum atomic E-state index is -0.0664. The molecule has 0 atom stereocenters. The van der Waals surface area contributed by atoms with Crippen LogP contribution in [-0.4, -0.2) is 28.7 Å². The second kappa shape index (κ2) is 7.39. The van der Waals surface area contributed by atoms with E-state index in [1.807, 2.05) is 41.9 Å². The fourth-order valence-electron chi connectivity index (χ4n) is 3.84. The predicted molar refractivity (Wildman–Crippen MR) is 123 cm³/mol. The van der Waals surface area contributed by atoms with Crippen molar-refractivity contribution in [1.29, 1.82) is 0 Å². The Morgan fingerprint density at radius 1 is 1.00 bits per heavy atom. The third-order valence-electron chi connectivity index (χ3n) is 5.50. The van der Waals surface area contributed by atoms with Gasteiger partial charge in [-0.25, -0.2) is 4.98 Å². The summed E-state index contributed by atoms with van der Waals surface area (Å²) in [5, 5.41) is 10.2. The van der Waals surface area contributed by atoms with Crippen molar-refractivity contribution >= 4 is 28.4 Å². The monoisotopic (exact) mass is 430 g/mol. The molecule has 0 aliphatic rings. The van der Waals surface area contributed by atoms with Crippen LogP contribution in [-0.2, 0) is 12.8 Å². The van der Waals surface area contributed by atoms with Gasteiger partial charge >= 0.3 is 0 Å². The molecule has 5 rings (SSSR count). The summed E-state index contributed by atoms with van der Waals surface area (Å²) in [6.45, 7) is 6.18. The van der Waals surface area contributed by atoms with Crippen molar-refractivity contribution < 1.29 is 0 Å². The van der Waals surface area contributed by atoms with Crippen molar-refractivity contribution in [2.24, 2.45) is 7.05 Å². The van der Waals surface area contributed by atoms with Crippen LogP contribution in [0.4, 0.5) is 0 Å². The summed E-state index contributed by atoms with van der Waals surface area (Å²) >= 11 is 1.60. The van der Waals surface area contributed by atoms with Gasteiger partial charge in [-0.3, -0.25) is 18.3 Å². The SMILES string of the molecule is Cc1ccc(C)c(-n2ccnc2SCc2nnc3n(C)c(=O)c4cc(C)ccc4n23)c1. The molecular weight excluding hydrogens is 408 g/mol. The second-order valence-electron chi connectivity index (χ2n) is 7.79. The highest BCUT2D eigenvalue weighted by Gasteiger charge is 2.16. The Labute approximate surface area is 183 Å². The first-order valence-electron chi connectivity index (χ1n) is 10.0. The molecule has 3 aromatic heterocycles. The number of nitrogens with zero attached hydrogens (tertiary/aromatic N) is 6. The molecule has 5 aromatic rings. The third kappa shape index (κ3) is 3.23. The van der Waals surface area contributed by atoms with Gasteiger partial charge in [-0.05, 0) is 50.1 Å².